The van der Waals surface area contributed by atoms with Crippen molar-refractivity contribution >= 4 is 0 Å². The predicted molar refractivity (Wildman–Crippen MR) is 62.4 cm³/mol. The number of ether oxygens (including phenoxy) is 1. The molecule has 1 heterocycles. The maximum atomic E-state index is 5.43. The van der Waals surface area contributed by atoms with Crippen LogP contribution in [0.25, 0.3) is 0 Å². The molecule has 1 saturated heterocycles. The maximum Gasteiger partial charge on any atom is 0.119 e. The molecule has 2 atom stereocenters. The van der Waals surface area contributed by atoms with Gasteiger partial charge in [-0.1, -0.05) is 12.1 Å². The van der Waals surface area contributed by atoms with E-state index in [1.165, 1.54) is 12.0 Å². The van der Waals surface area contributed by atoms with Gasteiger partial charge in [-0.05, 0) is 43.9 Å². The lowest BCUT2D eigenvalue weighted by atomic mass is 9.97. The molecule has 1 aromatic carbocycles. The second-order valence-corrected chi connectivity index (χ2v) is 4.24. The second-order valence-electron chi connectivity index (χ2n) is 4.24. The molecule has 2 unspecified atom stereocenters. The highest BCUT2D eigenvalue weighted by Crippen LogP contribution is 2.26. The van der Waals surface area contributed by atoms with Crippen molar-refractivity contribution in [2.24, 2.45) is 0 Å². The third-order valence-electron chi connectivity index (χ3n) is 3.01. The normalized spacial score (nSPS) is 25.5. The number of hydrogen-bond acceptors (Lipinski definition) is 2. The van der Waals surface area contributed by atoms with Crippen molar-refractivity contribution in [3.8, 4) is 5.75 Å². The van der Waals surface area contributed by atoms with Crippen LogP contribution in [0.3, 0.4) is 0 Å². The molecule has 0 radical (unpaired) electrons. The lowest BCUT2D eigenvalue weighted by molar-refractivity contribution is 0.340. The summed E-state index contributed by atoms with van der Waals surface area (Å²) in [5, 5.41) is 3.48. The zero-order chi connectivity index (χ0) is 10.7. The average Bonchev–Trinajstić information content (AvgIpc) is 2.67. The molecule has 0 amide bonds. The maximum absolute atomic E-state index is 5.43. The van der Waals surface area contributed by atoms with Gasteiger partial charge in [0.1, 0.15) is 5.75 Å². The summed E-state index contributed by atoms with van der Waals surface area (Å²) in [6.07, 6.45) is 1.24. The standard InChI is InChI=1S/C13H19NO/c1-3-15-13-6-4-11(5-7-13)12-8-10(2)14-9-12/h4-7,10,12,14H,3,8-9H2,1-2H3. The molecule has 82 valence electrons. The Kier molecular flexibility index (Phi) is 3.27. The molecular weight excluding hydrogens is 186 g/mol. The van der Waals surface area contributed by atoms with Crippen molar-refractivity contribution in [1.29, 1.82) is 0 Å². The van der Waals surface area contributed by atoms with Crippen LogP contribution in [0.5, 0.6) is 5.75 Å². The van der Waals surface area contributed by atoms with E-state index in [0.29, 0.717) is 12.0 Å². The molecule has 0 aromatic heterocycles. The first-order valence-corrected chi connectivity index (χ1v) is 5.75. The van der Waals surface area contributed by atoms with Gasteiger partial charge in [0.05, 0.1) is 6.61 Å². The van der Waals surface area contributed by atoms with E-state index >= 15 is 0 Å². The molecule has 1 N–H and O–H groups in total. The largest absolute Gasteiger partial charge is 0.494 e. The van der Waals surface area contributed by atoms with E-state index < -0.39 is 0 Å². The Labute approximate surface area is 91.6 Å². The first kappa shape index (κ1) is 10.5. The summed E-state index contributed by atoms with van der Waals surface area (Å²) in [6.45, 7) is 6.10. The predicted octanol–water partition coefficient (Wildman–Crippen LogP) is 2.55. The number of benzene rings is 1. The molecule has 0 spiro atoms. The minimum absolute atomic E-state index is 0.654. The minimum atomic E-state index is 0.654. The van der Waals surface area contributed by atoms with Crippen molar-refractivity contribution in [1.82, 2.24) is 5.32 Å². The zero-order valence-corrected chi connectivity index (χ0v) is 9.49. The summed E-state index contributed by atoms with van der Waals surface area (Å²) in [4.78, 5) is 0. The average molecular weight is 205 g/mol. The van der Waals surface area contributed by atoms with Crippen LogP contribution in [0.4, 0.5) is 0 Å². The van der Waals surface area contributed by atoms with Crippen LogP contribution in [0.1, 0.15) is 31.7 Å². The van der Waals surface area contributed by atoms with Crippen LogP contribution < -0.4 is 10.1 Å². The van der Waals surface area contributed by atoms with Gasteiger partial charge in [-0.2, -0.15) is 0 Å². The summed E-state index contributed by atoms with van der Waals surface area (Å²) in [7, 11) is 0. The van der Waals surface area contributed by atoms with Gasteiger partial charge in [-0.3, -0.25) is 0 Å². The number of hydrogen-bond donors (Lipinski definition) is 1. The quantitative estimate of drug-likeness (QED) is 0.818. The Morgan fingerprint density at radius 3 is 2.60 bits per heavy atom. The first-order valence-electron chi connectivity index (χ1n) is 5.75. The molecule has 2 nitrogen and oxygen atoms in total. The summed E-state index contributed by atoms with van der Waals surface area (Å²) >= 11 is 0. The first-order chi connectivity index (χ1) is 7.29. The van der Waals surface area contributed by atoms with E-state index in [2.05, 4.69) is 36.5 Å². The Bertz CT molecular complexity index is 307. The van der Waals surface area contributed by atoms with Crippen LogP contribution in [-0.2, 0) is 0 Å². The molecule has 2 heteroatoms. The van der Waals surface area contributed by atoms with Gasteiger partial charge in [-0.15, -0.1) is 0 Å². The van der Waals surface area contributed by atoms with Crippen LogP contribution in [0.15, 0.2) is 24.3 Å². The molecule has 0 aliphatic carbocycles. The van der Waals surface area contributed by atoms with E-state index in [0.717, 1.165) is 18.9 Å². The Hall–Kier alpha value is -1.02. The monoisotopic (exact) mass is 205 g/mol. The molecule has 1 fully saturated rings. The zero-order valence-electron chi connectivity index (χ0n) is 9.49. The van der Waals surface area contributed by atoms with Gasteiger partial charge in [0.15, 0.2) is 0 Å². The third kappa shape index (κ3) is 2.51. The van der Waals surface area contributed by atoms with E-state index in [1.54, 1.807) is 0 Å². The van der Waals surface area contributed by atoms with Gasteiger partial charge in [-0.25, -0.2) is 0 Å². The fourth-order valence-electron chi connectivity index (χ4n) is 2.19. The lowest BCUT2D eigenvalue weighted by Gasteiger charge is -2.10. The minimum Gasteiger partial charge on any atom is -0.494 e. The summed E-state index contributed by atoms with van der Waals surface area (Å²) in [6, 6.07) is 9.18. The number of rotatable bonds is 3. The van der Waals surface area contributed by atoms with Gasteiger partial charge >= 0.3 is 0 Å². The molecule has 1 aliphatic rings. The molecule has 1 aromatic rings. The van der Waals surface area contributed by atoms with Gasteiger partial charge in [0.25, 0.3) is 0 Å². The fourth-order valence-corrected chi connectivity index (χ4v) is 2.19. The molecule has 15 heavy (non-hydrogen) atoms. The van der Waals surface area contributed by atoms with Gasteiger partial charge < -0.3 is 10.1 Å². The van der Waals surface area contributed by atoms with Crippen molar-refractivity contribution in [2.75, 3.05) is 13.2 Å². The van der Waals surface area contributed by atoms with Crippen LogP contribution in [0.2, 0.25) is 0 Å². The molecule has 0 bridgehead atoms. The van der Waals surface area contributed by atoms with E-state index in [9.17, 15) is 0 Å². The fraction of sp³-hybridized carbons (Fsp3) is 0.538. The molecule has 2 rings (SSSR count). The van der Waals surface area contributed by atoms with Crippen molar-refractivity contribution in [2.45, 2.75) is 32.2 Å². The highest BCUT2D eigenvalue weighted by atomic mass is 16.5. The Morgan fingerprint density at radius 1 is 1.33 bits per heavy atom. The highest BCUT2D eigenvalue weighted by Gasteiger charge is 2.21. The highest BCUT2D eigenvalue weighted by molar-refractivity contribution is 5.30. The van der Waals surface area contributed by atoms with E-state index in [1.807, 2.05) is 6.92 Å². The third-order valence-corrected chi connectivity index (χ3v) is 3.01. The summed E-state index contributed by atoms with van der Waals surface area (Å²) in [5.41, 5.74) is 1.43. The smallest absolute Gasteiger partial charge is 0.119 e. The van der Waals surface area contributed by atoms with Crippen molar-refractivity contribution < 1.29 is 4.74 Å². The number of nitrogens with one attached hydrogen (secondary N) is 1. The van der Waals surface area contributed by atoms with Crippen LogP contribution in [0, 0.1) is 0 Å². The van der Waals surface area contributed by atoms with Crippen LogP contribution in [-0.4, -0.2) is 19.2 Å². The van der Waals surface area contributed by atoms with E-state index in [4.69, 9.17) is 4.74 Å². The molecular formula is C13H19NO. The summed E-state index contributed by atoms with van der Waals surface area (Å²) < 4.78 is 5.43. The lowest BCUT2D eigenvalue weighted by Crippen LogP contribution is -2.16. The van der Waals surface area contributed by atoms with Crippen molar-refractivity contribution in [3.63, 3.8) is 0 Å². The second kappa shape index (κ2) is 4.67. The van der Waals surface area contributed by atoms with Gasteiger partial charge in [0.2, 0.25) is 0 Å². The topological polar surface area (TPSA) is 21.3 Å². The van der Waals surface area contributed by atoms with E-state index in [-0.39, 0.29) is 0 Å². The Balaban J connectivity index is 2.03. The van der Waals surface area contributed by atoms with Gasteiger partial charge in [0, 0.05) is 12.6 Å². The summed E-state index contributed by atoms with van der Waals surface area (Å²) in [5.74, 6) is 1.65. The Morgan fingerprint density at radius 2 is 2.07 bits per heavy atom. The molecule has 1 aliphatic heterocycles. The molecule has 0 saturated carbocycles. The van der Waals surface area contributed by atoms with Crippen LogP contribution >= 0.6 is 0 Å². The van der Waals surface area contributed by atoms with Crippen molar-refractivity contribution in [3.05, 3.63) is 29.8 Å². The SMILES string of the molecule is CCOc1ccc(C2CNC(C)C2)cc1.